The Morgan fingerprint density at radius 3 is 2.33 bits per heavy atom. The molecule has 2 rings (SSSR count). The predicted octanol–water partition coefficient (Wildman–Crippen LogP) is 4.28. The van der Waals surface area contributed by atoms with E-state index in [9.17, 15) is 4.79 Å². The van der Waals surface area contributed by atoms with Crippen molar-refractivity contribution in [2.24, 2.45) is 22.7 Å². The molecule has 21 heavy (non-hydrogen) atoms. The van der Waals surface area contributed by atoms with E-state index in [4.69, 9.17) is 0 Å². The number of carbonyl (C=O) groups is 1. The third-order valence-corrected chi connectivity index (χ3v) is 6.89. The van der Waals surface area contributed by atoms with Gasteiger partial charge >= 0.3 is 6.03 Å². The number of carbonyl (C=O) groups excluding carboxylic acids is 1. The van der Waals surface area contributed by atoms with Crippen molar-refractivity contribution in [3.63, 3.8) is 0 Å². The molecular weight excluding hydrogens is 260 g/mol. The van der Waals surface area contributed by atoms with Gasteiger partial charge in [-0.05, 0) is 55.3 Å². The standard InChI is InChI=1S/C18H34N2O/c1-12(2)10-13(3)20(7)16(21)19-15-11-14-8-9-18(15,6)17(14,4)5/h12-15H,8-11H2,1-7H3,(H,19,21)/t13-,14-,15+,18-/m1/s1. The maximum Gasteiger partial charge on any atom is 0.317 e. The Balaban J connectivity index is 1.98. The van der Waals surface area contributed by atoms with Crippen LogP contribution in [-0.4, -0.2) is 30.1 Å². The molecule has 2 aliphatic carbocycles. The van der Waals surface area contributed by atoms with Gasteiger partial charge < -0.3 is 10.2 Å². The fourth-order valence-electron chi connectivity index (χ4n) is 4.71. The zero-order valence-electron chi connectivity index (χ0n) is 15.0. The summed E-state index contributed by atoms with van der Waals surface area (Å²) in [7, 11) is 1.93. The van der Waals surface area contributed by atoms with Crippen LogP contribution in [0.25, 0.3) is 0 Å². The van der Waals surface area contributed by atoms with Crippen LogP contribution in [-0.2, 0) is 0 Å². The van der Waals surface area contributed by atoms with Gasteiger partial charge in [0.2, 0.25) is 0 Å². The Morgan fingerprint density at radius 2 is 1.90 bits per heavy atom. The highest BCUT2D eigenvalue weighted by Crippen LogP contribution is 2.65. The molecule has 2 bridgehead atoms. The van der Waals surface area contributed by atoms with Gasteiger partial charge in [0.15, 0.2) is 0 Å². The average Bonchev–Trinajstić information content (AvgIpc) is 2.70. The van der Waals surface area contributed by atoms with Crippen LogP contribution >= 0.6 is 0 Å². The Hall–Kier alpha value is -0.730. The summed E-state index contributed by atoms with van der Waals surface area (Å²) >= 11 is 0. The molecule has 2 amide bonds. The van der Waals surface area contributed by atoms with E-state index in [2.05, 4.69) is 46.9 Å². The zero-order chi connectivity index (χ0) is 16.0. The van der Waals surface area contributed by atoms with Gasteiger partial charge in [0.05, 0.1) is 0 Å². The van der Waals surface area contributed by atoms with Gasteiger partial charge in [0.25, 0.3) is 0 Å². The maximum absolute atomic E-state index is 12.6. The molecule has 0 aliphatic heterocycles. The average molecular weight is 294 g/mol. The minimum atomic E-state index is 0.109. The maximum atomic E-state index is 12.6. The van der Waals surface area contributed by atoms with Gasteiger partial charge in [0, 0.05) is 19.1 Å². The minimum Gasteiger partial charge on any atom is -0.335 e. The SMILES string of the molecule is CC(C)C[C@@H](C)N(C)C(=O)N[C@H]1C[C@H]2CC[C@@]1(C)C2(C)C. The fraction of sp³-hybridized carbons (Fsp3) is 0.944. The van der Waals surface area contributed by atoms with Crippen LogP contribution in [0.2, 0.25) is 0 Å². The molecule has 2 aliphatic rings. The van der Waals surface area contributed by atoms with E-state index in [1.165, 1.54) is 12.8 Å². The number of fused-ring (bicyclic) bond motifs is 2. The first-order valence-electron chi connectivity index (χ1n) is 8.63. The van der Waals surface area contributed by atoms with E-state index >= 15 is 0 Å². The molecule has 0 aromatic carbocycles. The summed E-state index contributed by atoms with van der Waals surface area (Å²) in [6.45, 7) is 13.7. The summed E-state index contributed by atoms with van der Waals surface area (Å²) in [5.41, 5.74) is 0.614. The van der Waals surface area contributed by atoms with Crippen molar-refractivity contribution in [2.75, 3.05) is 7.05 Å². The molecule has 0 saturated heterocycles. The first-order valence-corrected chi connectivity index (χ1v) is 8.63. The van der Waals surface area contributed by atoms with E-state index in [0.717, 1.165) is 18.8 Å². The third-order valence-electron chi connectivity index (χ3n) is 6.89. The summed E-state index contributed by atoms with van der Waals surface area (Å²) in [5, 5.41) is 3.35. The second kappa shape index (κ2) is 5.48. The molecule has 2 saturated carbocycles. The van der Waals surface area contributed by atoms with Gasteiger partial charge in [-0.25, -0.2) is 4.79 Å². The van der Waals surface area contributed by atoms with Gasteiger partial charge in [-0.1, -0.05) is 34.6 Å². The summed E-state index contributed by atoms with van der Waals surface area (Å²) in [6.07, 6.45) is 4.79. The van der Waals surface area contributed by atoms with E-state index in [1.807, 2.05) is 11.9 Å². The molecule has 0 heterocycles. The van der Waals surface area contributed by atoms with E-state index in [1.54, 1.807) is 0 Å². The van der Waals surface area contributed by atoms with Crippen molar-refractivity contribution in [1.29, 1.82) is 0 Å². The first-order chi connectivity index (χ1) is 9.59. The third kappa shape index (κ3) is 2.68. The number of rotatable bonds is 4. The van der Waals surface area contributed by atoms with Crippen LogP contribution in [0, 0.1) is 22.7 Å². The number of urea groups is 1. The highest BCUT2D eigenvalue weighted by atomic mass is 16.2. The van der Waals surface area contributed by atoms with Crippen LogP contribution in [0.15, 0.2) is 0 Å². The lowest BCUT2D eigenvalue weighted by Gasteiger charge is -2.40. The molecule has 4 atom stereocenters. The van der Waals surface area contributed by atoms with Crippen LogP contribution in [0.3, 0.4) is 0 Å². The molecule has 3 heteroatoms. The number of amides is 2. The van der Waals surface area contributed by atoms with Gasteiger partial charge in [-0.15, -0.1) is 0 Å². The second-order valence-corrected chi connectivity index (χ2v) is 8.70. The second-order valence-electron chi connectivity index (χ2n) is 8.70. The summed E-state index contributed by atoms with van der Waals surface area (Å²) in [4.78, 5) is 14.5. The van der Waals surface area contributed by atoms with E-state index in [0.29, 0.717) is 23.4 Å². The molecule has 0 radical (unpaired) electrons. The minimum absolute atomic E-state index is 0.109. The van der Waals surface area contributed by atoms with Crippen molar-refractivity contribution in [3.8, 4) is 0 Å². The van der Waals surface area contributed by atoms with Crippen molar-refractivity contribution in [1.82, 2.24) is 10.2 Å². The highest BCUT2D eigenvalue weighted by Gasteiger charge is 2.61. The molecule has 0 aromatic heterocycles. The molecule has 1 N–H and O–H groups in total. The molecule has 2 fully saturated rings. The van der Waals surface area contributed by atoms with Crippen molar-refractivity contribution < 1.29 is 4.79 Å². The smallest absolute Gasteiger partial charge is 0.317 e. The summed E-state index contributed by atoms with van der Waals surface area (Å²) in [6, 6.07) is 0.745. The highest BCUT2D eigenvalue weighted by molar-refractivity contribution is 5.74. The van der Waals surface area contributed by atoms with Crippen molar-refractivity contribution in [3.05, 3.63) is 0 Å². The number of hydrogen-bond donors (Lipinski definition) is 1. The topological polar surface area (TPSA) is 32.3 Å². The molecule has 0 spiro atoms. The Bertz CT molecular complexity index is 404. The molecule has 0 aromatic rings. The van der Waals surface area contributed by atoms with E-state index in [-0.39, 0.29) is 11.4 Å². The van der Waals surface area contributed by atoms with Crippen molar-refractivity contribution in [2.45, 2.75) is 79.3 Å². The monoisotopic (exact) mass is 294 g/mol. The fourth-order valence-corrected chi connectivity index (χ4v) is 4.71. The normalized spacial score (nSPS) is 35.0. The molecular formula is C18H34N2O. The first kappa shape index (κ1) is 16.6. The predicted molar refractivity (Wildman–Crippen MR) is 88.2 cm³/mol. The molecule has 3 nitrogen and oxygen atoms in total. The van der Waals surface area contributed by atoms with Crippen LogP contribution in [0.1, 0.15) is 67.2 Å². The summed E-state index contributed by atoms with van der Waals surface area (Å²) in [5.74, 6) is 1.39. The van der Waals surface area contributed by atoms with Gasteiger partial charge in [-0.2, -0.15) is 0 Å². The van der Waals surface area contributed by atoms with Crippen molar-refractivity contribution >= 4 is 6.03 Å². The lowest BCUT2D eigenvalue weighted by molar-refractivity contribution is 0.116. The van der Waals surface area contributed by atoms with Crippen LogP contribution in [0.5, 0.6) is 0 Å². The summed E-state index contributed by atoms with van der Waals surface area (Å²) < 4.78 is 0. The van der Waals surface area contributed by atoms with E-state index < -0.39 is 0 Å². The molecule has 0 unspecified atom stereocenters. The zero-order valence-corrected chi connectivity index (χ0v) is 15.0. The van der Waals surface area contributed by atoms with Gasteiger partial charge in [0.1, 0.15) is 0 Å². The van der Waals surface area contributed by atoms with Crippen LogP contribution < -0.4 is 5.32 Å². The van der Waals surface area contributed by atoms with Gasteiger partial charge in [-0.3, -0.25) is 0 Å². The molecule has 122 valence electrons. The number of nitrogens with zero attached hydrogens (tertiary/aromatic N) is 1. The lowest BCUT2D eigenvalue weighted by atomic mass is 9.69. The Labute approximate surface area is 130 Å². The largest absolute Gasteiger partial charge is 0.335 e. The Kier molecular flexibility index (Phi) is 4.34. The Morgan fingerprint density at radius 1 is 1.29 bits per heavy atom. The quantitative estimate of drug-likeness (QED) is 0.824. The van der Waals surface area contributed by atoms with Crippen LogP contribution in [0.4, 0.5) is 4.79 Å². The number of hydrogen-bond acceptors (Lipinski definition) is 1. The lowest BCUT2D eigenvalue weighted by Crippen LogP contribution is -2.52. The number of nitrogens with one attached hydrogen (secondary N) is 1.